The Morgan fingerprint density at radius 3 is 2.76 bits per heavy atom. The molecule has 0 saturated heterocycles. The zero-order valence-corrected chi connectivity index (χ0v) is 14.1. The standard InChI is InChI=1S/C15H22N2O2S2/c1-3-20-12-10-13(2)17-21(18,19)15-9-5-4-7-14(15)8-6-11-16/h4-5,7,9,13,17H,3,10-12,16H2,1-2H3. The molecule has 0 aliphatic heterocycles. The van der Waals surface area contributed by atoms with E-state index in [-0.39, 0.29) is 17.5 Å². The minimum atomic E-state index is -3.56. The van der Waals surface area contributed by atoms with Crippen molar-refractivity contribution in [2.75, 3.05) is 18.1 Å². The van der Waals surface area contributed by atoms with E-state index in [1.54, 1.807) is 36.0 Å². The second-order valence-electron chi connectivity index (χ2n) is 4.51. The van der Waals surface area contributed by atoms with E-state index in [4.69, 9.17) is 5.73 Å². The zero-order chi connectivity index (χ0) is 15.7. The van der Waals surface area contributed by atoms with Crippen molar-refractivity contribution in [3.05, 3.63) is 29.8 Å². The van der Waals surface area contributed by atoms with Crippen molar-refractivity contribution < 1.29 is 8.42 Å². The molecule has 1 aromatic carbocycles. The Hall–Kier alpha value is -1.00. The van der Waals surface area contributed by atoms with Gasteiger partial charge in [0.1, 0.15) is 0 Å². The summed E-state index contributed by atoms with van der Waals surface area (Å²) in [5.41, 5.74) is 5.82. The molecule has 0 spiro atoms. The first-order valence-electron chi connectivity index (χ1n) is 6.89. The van der Waals surface area contributed by atoms with Gasteiger partial charge in [-0.2, -0.15) is 11.8 Å². The van der Waals surface area contributed by atoms with Crippen LogP contribution in [-0.4, -0.2) is 32.5 Å². The molecule has 1 aromatic rings. The molecule has 0 heterocycles. The molecule has 3 N–H and O–H groups in total. The molecule has 1 rings (SSSR count). The first-order chi connectivity index (χ1) is 10.0. The molecule has 0 bridgehead atoms. The molecule has 0 aliphatic carbocycles. The van der Waals surface area contributed by atoms with Crippen LogP contribution in [0.4, 0.5) is 0 Å². The van der Waals surface area contributed by atoms with Crippen LogP contribution < -0.4 is 10.5 Å². The SMILES string of the molecule is CCSCCC(C)NS(=O)(=O)c1ccccc1C#CCN. The van der Waals surface area contributed by atoms with Crippen LogP contribution in [0.15, 0.2) is 29.2 Å². The summed E-state index contributed by atoms with van der Waals surface area (Å²) >= 11 is 1.80. The van der Waals surface area contributed by atoms with Gasteiger partial charge >= 0.3 is 0 Å². The molecule has 6 heteroatoms. The third-order valence-electron chi connectivity index (χ3n) is 2.76. The maximum absolute atomic E-state index is 12.4. The molecule has 0 amide bonds. The Balaban J connectivity index is 2.88. The molecule has 0 aromatic heterocycles. The van der Waals surface area contributed by atoms with E-state index in [1.165, 1.54) is 0 Å². The average Bonchev–Trinajstić information content (AvgIpc) is 2.45. The third-order valence-corrected chi connectivity index (χ3v) is 5.34. The second kappa shape index (κ2) is 9.11. The first kappa shape index (κ1) is 18.1. The van der Waals surface area contributed by atoms with Gasteiger partial charge in [-0.1, -0.05) is 30.9 Å². The van der Waals surface area contributed by atoms with Gasteiger partial charge in [0.25, 0.3) is 0 Å². The summed E-state index contributed by atoms with van der Waals surface area (Å²) in [6.07, 6.45) is 0.800. The Morgan fingerprint density at radius 2 is 2.10 bits per heavy atom. The van der Waals surface area contributed by atoms with Gasteiger partial charge in [0, 0.05) is 11.6 Å². The van der Waals surface area contributed by atoms with Crippen molar-refractivity contribution >= 4 is 21.8 Å². The maximum Gasteiger partial charge on any atom is 0.242 e. The number of nitrogens with two attached hydrogens (primary N) is 1. The normalized spacial score (nSPS) is 12.5. The average molecular weight is 326 g/mol. The van der Waals surface area contributed by atoms with E-state index >= 15 is 0 Å². The lowest BCUT2D eigenvalue weighted by Crippen LogP contribution is -2.33. The lowest BCUT2D eigenvalue weighted by atomic mass is 10.2. The summed E-state index contributed by atoms with van der Waals surface area (Å²) in [7, 11) is -3.56. The van der Waals surface area contributed by atoms with Gasteiger partial charge in [0.05, 0.1) is 11.4 Å². The smallest absolute Gasteiger partial charge is 0.242 e. The summed E-state index contributed by atoms with van der Waals surface area (Å²) in [4.78, 5) is 0.209. The summed E-state index contributed by atoms with van der Waals surface area (Å²) in [6, 6.07) is 6.61. The third kappa shape index (κ3) is 6.10. The number of nitrogens with one attached hydrogen (secondary N) is 1. The molecule has 116 valence electrons. The van der Waals surface area contributed by atoms with Gasteiger partial charge < -0.3 is 5.73 Å². The Kier molecular flexibility index (Phi) is 7.83. The van der Waals surface area contributed by atoms with Crippen molar-refractivity contribution in [3.8, 4) is 11.8 Å². The summed E-state index contributed by atoms with van der Waals surface area (Å²) in [5, 5.41) is 0. The Labute approximate surface area is 131 Å². The lowest BCUT2D eigenvalue weighted by molar-refractivity contribution is 0.557. The highest BCUT2D eigenvalue weighted by atomic mass is 32.2. The van der Waals surface area contributed by atoms with Crippen molar-refractivity contribution in [1.82, 2.24) is 4.72 Å². The van der Waals surface area contributed by atoms with Crippen LogP contribution in [0.1, 0.15) is 25.8 Å². The number of sulfonamides is 1. The van der Waals surface area contributed by atoms with Crippen molar-refractivity contribution in [3.63, 3.8) is 0 Å². The molecule has 1 atom stereocenters. The summed E-state index contributed by atoms with van der Waals surface area (Å²) in [6.45, 7) is 4.17. The highest BCUT2D eigenvalue weighted by Crippen LogP contribution is 2.15. The first-order valence-corrected chi connectivity index (χ1v) is 9.53. The quantitative estimate of drug-likeness (QED) is 0.592. The molecule has 1 unspecified atom stereocenters. The predicted octanol–water partition coefficient (Wildman–Crippen LogP) is 1.81. The van der Waals surface area contributed by atoms with Gasteiger partial charge in [-0.25, -0.2) is 13.1 Å². The van der Waals surface area contributed by atoms with Crippen LogP contribution in [-0.2, 0) is 10.0 Å². The van der Waals surface area contributed by atoms with Crippen molar-refractivity contribution in [2.24, 2.45) is 5.73 Å². The Bertz CT molecular complexity index is 604. The molecular formula is C15H22N2O2S2. The van der Waals surface area contributed by atoms with Crippen LogP contribution in [0.2, 0.25) is 0 Å². The van der Waals surface area contributed by atoms with E-state index < -0.39 is 10.0 Å². The van der Waals surface area contributed by atoms with Gasteiger partial charge in [0.2, 0.25) is 10.0 Å². The number of rotatable bonds is 7. The van der Waals surface area contributed by atoms with Gasteiger partial charge in [-0.3, -0.25) is 0 Å². The largest absolute Gasteiger partial charge is 0.320 e. The van der Waals surface area contributed by atoms with Crippen molar-refractivity contribution in [2.45, 2.75) is 31.2 Å². The van der Waals surface area contributed by atoms with E-state index in [0.29, 0.717) is 5.56 Å². The number of benzene rings is 1. The van der Waals surface area contributed by atoms with Gasteiger partial charge in [0.15, 0.2) is 0 Å². The van der Waals surface area contributed by atoms with Gasteiger partial charge in [-0.05, 0) is 37.0 Å². The Morgan fingerprint density at radius 1 is 1.38 bits per heavy atom. The molecular weight excluding hydrogens is 304 g/mol. The zero-order valence-electron chi connectivity index (χ0n) is 12.4. The highest BCUT2D eigenvalue weighted by molar-refractivity contribution is 7.99. The van der Waals surface area contributed by atoms with E-state index in [9.17, 15) is 8.42 Å². The minimum Gasteiger partial charge on any atom is -0.320 e. The molecule has 0 saturated carbocycles. The number of hydrogen-bond donors (Lipinski definition) is 2. The fraction of sp³-hybridized carbons (Fsp3) is 0.467. The fourth-order valence-corrected chi connectivity index (χ4v) is 3.99. The highest BCUT2D eigenvalue weighted by Gasteiger charge is 2.19. The summed E-state index contributed by atoms with van der Waals surface area (Å²) < 4.78 is 27.6. The van der Waals surface area contributed by atoms with E-state index in [0.717, 1.165) is 17.9 Å². The summed E-state index contributed by atoms with van der Waals surface area (Å²) in [5.74, 6) is 7.48. The van der Waals surface area contributed by atoms with Crippen LogP contribution in [0.3, 0.4) is 0 Å². The molecule has 4 nitrogen and oxygen atoms in total. The topological polar surface area (TPSA) is 72.2 Å². The molecule has 0 fully saturated rings. The minimum absolute atomic E-state index is 0.107. The van der Waals surface area contributed by atoms with Crippen LogP contribution in [0.25, 0.3) is 0 Å². The molecule has 21 heavy (non-hydrogen) atoms. The van der Waals surface area contributed by atoms with Crippen LogP contribution in [0, 0.1) is 11.8 Å². The molecule has 0 radical (unpaired) electrons. The van der Waals surface area contributed by atoms with Crippen LogP contribution in [0.5, 0.6) is 0 Å². The van der Waals surface area contributed by atoms with Gasteiger partial charge in [-0.15, -0.1) is 0 Å². The number of hydrogen-bond acceptors (Lipinski definition) is 4. The number of thioether (sulfide) groups is 1. The predicted molar refractivity (Wildman–Crippen MR) is 89.8 cm³/mol. The second-order valence-corrected chi connectivity index (χ2v) is 7.59. The monoisotopic (exact) mass is 326 g/mol. The maximum atomic E-state index is 12.4. The van der Waals surface area contributed by atoms with E-state index in [1.807, 2.05) is 6.92 Å². The fourth-order valence-electron chi connectivity index (χ4n) is 1.74. The van der Waals surface area contributed by atoms with E-state index in [2.05, 4.69) is 23.5 Å². The molecule has 0 aliphatic rings. The lowest BCUT2D eigenvalue weighted by Gasteiger charge is -2.14. The van der Waals surface area contributed by atoms with Crippen molar-refractivity contribution in [1.29, 1.82) is 0 Å². The van der Waals surface area contributed by atoms with Crippen LogP contribution >= 0.6 is 11.8 Å².